The number of nitro benzene ring substituents is 1. The van der Waals surface area contributed by atoms with Crippen molar-refractivity contribution in [1.29, 1.82) is 0 Å². The van der Waals surface area contributed by atoms with E-state index in [4.69, 9.17) is 9.47 Å². The van der Waals surface area contributed by atoms with Crippen LogP contribution in [0.25, 0.3) is 0 Å². The molecule has 1 heterocycles. The van der Waals surface area contributed by atoms with E-state index < -0.39 is 20.5 Å². The van der Waals surface area contributed by atoms with Gasteiger partial charge in [0.15, 0.2) is 11.5 Å². The zero-order valence-corrected chi connectivity index (χ0v) is 17.2. The second kappa shape index (κ2) is 7.88. The lowest BCUT2D eigenvalue weighted by Gasteiger charge is -2.20. The molecule has 0 aliphatic carbocycles. The molecule has 0 bridgehead atoms. The van der Waals surface area contributed by atoms with Crippen molar-refractivity contribution in [3.8, 4) is 11.5 Å². The van der Waals surface area contributed by atoms with Crippen LogP contribution in [0.2, 0.25) is 0 Å². The molecule has 0 unspecified atom stereocenters. The molecule has 156 valence electrons. The predicted octanol–water partition coefficient (Wildman–Crippen LogP) is 3.05. The standard InChI is InChI=1S/C19H23N3O6S/c1-19(2,3)21-29(25,26)14-5-6-15(16(11-14)22(23)24)20-9-8-13-4-7-17-18(10-13)28-12-27-17/h4-7,10-11,20-21H,8-9,12H2,1-3H3. The first-order chi connectivity index (χ1) is 13.5. The average molecular weight is 421 g/mol. The summed E-state index contributed by atoms with van der Waals surface area (Å²) in [5.41, 5.74) is 0.241. The second-order valence-electron chi connectivity index (χ2n) is 7.66. The molecule has 0 saturated heterocycles. The number of nitrogens with zero attached hydrogens (tertiary/aromatic N) is 1. The van der Waals surface area contributed by atoms with Crippen molar-refractivity contribution < 1.29 is 22.8 Å². The summed E-state index contributed by atoms with van der Waals surface area (Å²) in [4.78, 5) is 10.7. The third-order valence-electron chi connectivity index (χ3n) is 4.08. The van der Waals surface area contributed by atoms with Crippen molar-refractivity contribution >= 4 is 21.4 Å². The van der Waals surface area contributed by atoms with Crippen LogP contribution in [-0.4, -0.2) is 32.2 Å². The van der Waals surface area contributed by atoms with Gasteiger partial charge in [0.1, 0.15) is 5.69 Å². The Balaban J connectivity index is 1.73. The van der Waals surface area contributed by atoms with Gasteiger partial charge in [0.05, 0.1) is 9.82 Å². The van der Waals surface area contributed by atoms with Crippen LogP contribution in [-0.2, 0) is 16.4 Å². The molecular formula is C19H23N3O6S. The minimum Gasteiger partial charge on any atom is -0.454 e. The SMILES string of the molecule is CC(C)(C)NS(=O)(=O)c1ccc(NCCc2ccc3c(c2)OCO3)c([N+](=O)[O-])c1. The van der Waals surface area contributed by atoms with E-state index in [2.05, 4.69) is 10.0 Å². The molecule has 0 atom stereocenters. The summed E-state index contributed by atoms with van der Waals surface area (Å²) < 4.78 is 38.0. The molecule has 2 aromatic carbocycles. The van der Waals surface area contributed by atoms with Gasteiger partial charge in [0, 0.05) is 18.2 Å². The normalized spacial score (nSPS) is 13.3. The summed E-state index contributed by atoms with van der Waals surface area (Å²) in [6.07, 6.45) is 0.597. The molecule has 10 heteroatoms. The molecule has 0 amide bonds. The molecule has 1 aliphatic rings. The Bertz CT molecular complexity index is 1030. The number of rotatable bonds is 7. The van der Waals surface area contributed by atoms with Gasteiger partial charge in [-0.05, 0) is 57.0 Å². The molecule has 0 fully saturated rings. The van der Waals surface area contributed by atoms with Gasteiger partial charge in [-0.15, -0.1) is 0 Å². The Hall–Kier alpha value is -2.85. The highest BCUT2D eigenvalue weighted by Gasteiger charge is 2.25. The lowest BCUT2D eigenvalue weighted by molar-refractivity contribution is -0.384. The van der Waals surface area contributed by atoms with Crippen molar-refractivity contribution in [2.24, 2.45) is 0 Å². The predicted molar refractivity (Wildman–Crippen MR) is 108 cm³/mol. The molecule has 2 N–H and O–H groups in total. The Morgan fingerprint density at radius 2 is 1.83 bits per heavy atom. The van der Waals surface area contributed by atoms with Crippen LogP contribution < -0.4 is 19.5 Å². The number of hydrogen-bond acceptors (Lipinski definition) is 7. The summed E-state index contributed by atoms with van der Waals surface area (Å²) in [6.45, 7) is 5.72. The number of nitro groups is 1. The fourth-order valence-corrected chi connectivity index (χ4v) is 4.32. The Labute approximate surface area is 169 Å². The lowest BCUT2D eigenvalue weighted by atomic mass is 10.1. The molecule has 1 aliphatic heterocycles. The van der Waals surface area contributed by atoms with Crippen LogP contribution in [0.4, 0.5) is 11.4 Å². The first-order valence-electron chi connectivity index (χ1n) is 9.00. The van der Waals surface area contributed by atoms with Crippen LogP contribution in [0.1, 0.15) is 26.3 Å². The molecule has 0 spiro atoms. The van der Waals surface area contributed by atoms with Crippen molar-refractivity contribution in [1.82, 2.24) is 4.72 Å². The number of anilines is 1. The molecule has 0 aromatic heterocycles. The van der Waals surface area contributed by atoms with Gasteiger partial charge < -0.3 is 14.8 Å². The van der Waals surface area contributed by atoms with Gasteiger partial charge in [-0.1, -0.05) is 6.07 Å². The number of hydrogen-bond donors (Lipinski definition) is 2. The van der Waals surface area contributed by atoms with Gasteiger partial charge in [-0.3, -0.25) is 10.1 Å². The summed E-state index contributed by atoms with van der Waals surface area (Å²) in [5, 5.41) is 14.5. The maximum absolute atomic E-state index is 12.4. The van der Waals surface area contributed by atoms with Crippen LogP contribution in [0.15, 0.2) is 41.3 Å². The highest BCUT2D eigenvalue weighted by atomic mass is 32.2. The van der Waals surface area contributed by atoms with E-state index in [1.54, 1.807) is 20.8 Å². The Morgan fingerprint density at radius 1 is 1.10 bits per heavy atom. The Morgan fingerprint density at radius 3 is 2.52 bits per heavy atom. The fraction of sp³-hybridized carbons (Fsp3) is 0.368. The van der Waals surface area contributed by atoms with Crippen LogP contribution in [0, 0.1) is 10.1 Å². The molecular weight excluding hydrogens is 398 g/mol. The number of ether oxygens (including phenoxy) is 2. The first kappa shape index (κ1) is 20.9. The summed E-state index contributed by atoms with van der Waals surface area (Å²) in [7, 11) is -3.87. The molecule has 0 saturated carbocycles. The minimum absolute atomic E-state index is 0.152. The van der Waals surface area contributed by atoms with Crippen molar-refractivity contribution in [3.05, 3.63) is 52.1 Å². The smallest absolute Gasteiger partial charge is 0.293 e. The van der Waals surface area contributed by atoms with Crippen molar-refractivity contribution in [2.75, 3.05) is 18.7 Å². The van der Waals surface area contributed by atoms with E-state index in [1.807, 2.05) is 18.2 Å². The minimum atomic E-state index is -3.87. The average Bonchev–Trinajstić information content (AvgIpc) is 3.07. The molecule has 29 heavy (non-hydrogen) atoms. The van der Waals surface area contributed by atoms with Crippen molar-refractivity contribution in [3.63, 3.8) is 0 Å². The number of benzene rings is 2. The van der Waals surface area contributed by atoms with E-state index in [0.29, 0.717) is 24.5 Å². The molecule has 2 aromatic rings. The van der Waals surface area contributed by atoms with Crippen LogP contribution in [0.5, 0.6) is 11.5 Å². The first-order valence-corrected chi connectivity index (χ1v) is 10.5. The lowest BCUT2D eigenvalue weighted by Crippen LogP contribution is -2.40. The number of fused-ring (bicyclic) bond motifs is 1. The Kier molecular flexibility index (Phi) is 5.67. The third-order valence-corrected chi connectivity index (χ3v) is 5.84. The number of sulfonamides is 1. The van der Waals surface area contributed by atoms with E-state index in [-0.39, 0.29) is 23.1 Å². The largest absolute Gasteiger partial charge is 0.454 e. The maximum Gasteiger partial charge on any atom is 0.293 e. The number of nitrogens with one attached hydrogen (secondary N) is 2. The fourth-order valence-electron chi connectivity index (χ4n) is 2.88. The topological polar surface area (TPSA) is 120 Å². The monoisotopic (exact) mass is 421 g/mol. The van der Waals surface area contributed by atoms with E-state index in [1.165, 1.54) is 12.1 Å². The second-order valence-corrected chi connectivity index (χ2v) is 9.34. The molecule has 3 rings (SSSR count). The van der Waals surface area contributed by atoms with Gasteiger partial charge in [-0.25, -0.2) is 13.1 Å². The van der Waals surface area contributed by atoms with Gasteiger partial charge in [0.2, 0.25) is 16.8 Å². The van der Waals surface area contributed by atoms with E-state index in [9.17, 15) is 18.5 Å². The third kappa shape index (κ3) is 5.15. The van der Waals surface area contributed by atoms with Crippen LogP contribution in [0.3, 0.4) is 0 Å². The quantitative estimate of drug-likeness (QED) is 0.521. The summed E-state index contributed by atoms with van der Waals surface area (Å²) in [6, 6.07) is 9.42. The highest BCUT2D eigenvalue weighted by Crippen LogP contribution is 2.33. The molecule has 9 nitrogen and oxygen atoms in total. The van der Waals surface area contributed by atoms with E-state index >= 15 is 0 Å². The maximum atomic E-state index is 12.4. The van der Waals surface area contributed by atoms with Gasteiger partial charge >= 0.3 is 0 Å². The summed E-state index contributed by atoms with van der Waals surface area (Å²) in [5.74, 6) is 1.37. The molecule has 0 radical (unpaired) electrons. The highest BCUT2D eigenvalue weighted by molar-refractivity contribution is 7.89. The zero-order chi connectivity index (χ0) is 21.2. The van der Waals surface area contributed by atoms with E-state index in [0.717, 1.165) is 11.6 Å². The van der Waals surface area contributed by atoms with Gasteiger partial charge in [0.25, 0.3) is 5.69 Å². The van der Waals surface area contributed by atoms with Crippen molar-refractivity contribution in [2.45, 2.75) is 37.6 Å². The van der Waals surface area contributed by atoms with Gasteiger partial charge in [-0.2, -0.15) is 0 Å². The van der Waals surface area contributed by atoms with Crippen LogP contribution >= 0.6 is 0 Å². The summed E-state index contributed by atoms with van der Waals surface area (Å²) >= 11 is 0. The zero-order valence-electron chi connectivity index (χ0n) is 16.4.